The average molecular weight is 486 g/mol. The number of nitrogens with zero attached hydrogens (tertiary/aromatic N) is 1. The molecular formula is C27H30BFN5O2. The van der Waals surface area contributed by atoms with E-state index >= 15 is 0 Å². The molecule has 0 fully saturated rings. The third-order valence-corrected chi connectivity index (χ3v) is 5.84. The second kappa shape index (κ2) is 12.0. The van der Waals surface area contributed by atoms with Crippen molar-refractivity contribution in [3.05, 3.63) is 82.9 Å². The van der Waals surface area contributed by atoms with Gasteiger partial charge >= 0.3 is 19.3 Å². The molecule has 7 nitrogen and oxygen atoms in total. The number of benzene rings is 2. The van der Waals surface area contributed by atoms with Gasteiger partial charge in [0.1, 0.15) is 17.3 Å². The SMILES string of the molecule is C/C(=C/N)c1cc(C(=O)NCCc2cc3c(c(-c4ccc(F)cc4)n2)OCC3C)ccc1N.[B]=CN. The van der Waals surface area contributed by atoms with Crippen LogP contribution in [0, 0.1) is 5.82 Å². The molecule has 185 valence electrons. The first kappa shape index (κ1) is 26.5. The zero-order valence-corrected chi connectivity index (χ0v) is 20.4. The van der Waals surface area contributed by atoms with Crippen molar-refractivity contribution < 1.29 is 13.9 Å². The minimum absolute atomic E-state index is 0.197. The molecule has 0 aliphatic carbocycles. The van der Waals surface area contributed by atoms with E-state index in [1.165, 1.54) is 18.3 Å². The summed E-state index contributed by atoms with van der Waals surface area (Å²) in [7, 11) is 4.50. The molecule has 0 saturated carbocycles. The Morgan fingerprint density at radius 3 is 2.58 bits per heavy atom. The van der Waals surface area contributed by atoms with Gasteiger partial charge in [0, 0.05) is 52.5 Å². The number of rotatable bonds is 6. The van der Waals surface area contributed by atoms with Crippen LogP contribution in [0.4, 0.5) is 10.1 Å². The van der Waals surface area contributed by atoms with E-state index in [1.807, 2.05) is 13.0 Å². The summed E-state index contributed by atoms with van der Waals surface area (Å²) in [6, 6.07) is 13.4. The molecule has 0 saturated heterocycles. The van der Waals surface area contributed by atoms with Crippen molar-refractivity contribution in [3.8, 4) is 17.0 Å². The van der Waals surface area contributed by atoms with Gasteiger partial charge in [0.25, 0.3) is 5.91 Å². The fourth-order valence-electron chi connectivity index (χ4n) is 3.89. The number of pyridine rings is 1. The quantitative estimate of drug-likeness (QED) is 0.313. The topological polar surface area (TPSA) is 129 Å². The number of nitrogens with two attached hydrogens (primary N) is 3. The summed E-state index contributed by atoms with van der Waals surface area (Å²) >= 11 is 0. The number of anilines is 1. The van der Waals surface area contributed by atoms with E-state index in [2.05, 4.69) is 25.5 Å². The summed E-state index contributed by atoms with van der Waals surface area (Å²) in [5.41, 5.74) is 22.1. The number of allylic oxidation sites excluding steroid dienone is 1. The maximum absolute atomic E-state index is 13.4. The summed E-state index contributed by atoms with van der Waals surface area (Å²) < 4.78 is 19.3. The zero-order chi connectivity index (χ0) is 26.2. The minimum atomic E-state index is -0.300. The predicted octanol–water partition coefficient (Wildman–Crippen LogP) is 3.13. The van der Waals surface area contributed by atoms with Crippen LogP contribution in [0.5, 0.6) is 5.75 Å². The molecule has 2 heterocycles. The number of aromatic nitrogens is 1. The number of carbonyl (C=O) groups is 1. The fourth-order valence-corrected chi connectivity index (χ4v) is 3.89. The van der Waals surface area contributed by atoms with Crippen LogP contribution in [-0.4, -0.2) is 37.6 Å². The van der Waals surface area contributed by atoms with Gasteiger partial charge in [0.2, 0.25) is 0 Å². The van der Waals surface area contributed by atoms with Gasteiger partial charge in [0.05, 0.1) is 6.61 Å². The van der Waals surface area contributed by atoms with Crippen LogP contribution in [0.1, 0.15) is 46.9 Å². The second-order valence-corrected chi connectivity index (χ2v) is 8.45. The van der Waals surface area contributed by atoms with Gasteiger partial charge in [-0.1, -0.05) is 6.92 Å². The van der Waals surface area contributed by atoms with Crippen LogP contribution in [0.15, 0.2) is 54.7 Å². The Balaban J connectivity index is 0.00000115. The summed E-state index contributed by atoms with van der Waals surface area (Å²) in [5, 5.41) is 2.95. The standard InChI is InChI=1S/C26H27FN4O2.CH3BN/c1-15(13-28)21-11-18(5-8-23(21)29)26(32)30-10-9-20-12-22-16(2)14-33-25(22)24(31-20)17-3-6-19(27)7-4-17;2-1-3/h3-8,11-13,16H,9-10,14,28-29H2,1-2H3,(H,30,32);1H,3H2/b15-13-;. The first-order valence-electron chi connectivity index (χ1n) is 11.5. The van der Waals surface area contributed by atoms with Crippen molar-refractivity contribution in [1.29, 1.82) is 0 Å². The van der Waals surface area contributed by atoms with E-state index in [4.69, 9.17) is 21.2 Å². The molecule has 3 aromatic rings. The Hall–Kier alpha value is -4.14. The third-order valence-electron chi connectivity index (χ3n) is 5.84. The van der Waals surface area contributed by atoms with Crippen LogP contribution in [0.2, 0.25) is 0 Å². The predicted molar refractivity (Wildman–Crippen MR) is 144 cm³/mol. The van der Waals surface area contributed by atoms with E-state index < -0.39 is 0 Å². The van der Waals surface area contributed by atoms with E-state index in [9.17, 15) is 9.18 Å². The number of nitrogens with one attached hydrogen (secondary N) is 1. The van der Waals surface area contributed by atoms with Gasteiger partial charge in [-0.2, -0.15) is 0 Å². The molecule has 1 radical (unpaired) electrons. The number of fused-ring (bicyclic) bond motifs is 1. The maximum atomic E-state index is 13.4. The molecular weight excluding hydrogens is 456 g/mol. The van der Waals surface area contributed by atoms with Crippen LogP contribution >= 0.6 is 0 Å². The first-order chi connectivity index (χ1) is 17.3. The van der Waals surface area contributed by atoms with Crippen molar-refractivity contribution in [3.63, 3.8) is 0 Å². The van der Waals surface area contributed by atoms with Crippen LogP contribution in [0.25, 0.3) is 16.8 Å². The van der Waals surface area contributed by atoms with E-state index in [1.54, 1.807) is 30.3 Å². The van der Waals surface area contributed by atoms with E-state index in [-0.39, 0.29) is 17.6 Å². The summed E-state index contributed by atoms with van der Waals surface area (Å²) in [6.07, 6.45) is 3.01. The molecule has 1 unspecified atom stereocenters. The van der Waals surface area contributed by atoms with Crippen LogP contribution in [-0.2, 0) is 6.42 Å². The Morgan fingerprint density at radius 1 is 1.22 bits per heavy atom. The molecule has 4 rings (SSSR count). The molecule has 1 aliphatic rings. The molecule has 1 atom stereocenters. The van der Waals surface area contributed by atoms with Gasteiger partial charge in [-0.3, -0.25) is 4.79 Å². The summed E-state index contributed by atoms with van der Waals surface area (Å²) in [4.78, 5) is 17.5. The molecule has 1 amide bonds. The molecule has 1 aliphatic heterocycles. The number of hydrogen-bond donors (Lipinski definition) is 4. The molecule has 7 N–H and O–H groups in total. The Labute approximate surface area is 211 Å². The van der Waals surface area contributed by atoms with Crippen LogP contribution < -0.4 is 27.3 Å². The Kier molecular flexibility index (Phi) is 8.83. The van der Waals surface area contributed by atoms with Crippen molar-refractivity contribution in [2.45, 2.75) is 26.2 Å². The number of amides is 1. The third kappa shape index (κ3) is 6.10. The normalized spacial score (nSPS) is 14.2. The average Bonchev–Trinajstić information content (AvgIpc) is 3.25. The monoisotopic (exact) mass is 486 g/mol. The molecule has 2 aromatic carbocycles. The van der Waals surface area contributed by atoms with Crippen molar-refractivity contribution >= 4 is 30.7 Å². The molecule has 1 aromatic heterocycles. The Bertz CT molecular complexity index is 1280. The number of ether oxygens (including phenoxy) is 1. The first-order valence-corrected chi connectivity index (χ1v) is 11.5. The number of halogens is 1. The van der Waals surface area contributed by atoms with E-state index in [0.29, 0.717) is 36.5 Å². The number of nitrogen functional groups attached to an aromatic ring is 1. The number of carbonyl (C=O) groups excluding carboxylic acids is 1. The van der Waals surface area contributed by atoms with Gasteiger partial charge < -0.3 is 21.5 Å². The molecule has 0 spiro atoms. The van der Waals surface area contributed by atoms with Gasteiger partial charge in [-0.15, -0.1) is 0 Å². The van der Waals surface area contributed by atoms with Gasteiger partial charge in [-0.05, 0) is 67.2 Å². The van der Waals surface area contributed by atoms with Crippen molar-refractivity contribution in [1.82, 2.24) is 10.3 Å². The second-order valence-electron chi connectivity index (χ2n) is 8.45. The van der Waals surface area contributed by atoms with Crippen LogP contribution in [0.3, 0.4) is 0 Å². The molecule has 9 heteroatoms. The van der Waals surface area contributed by atoms with Crippen molar-refractivity contribution in [2.24, 2.45) is 11.5 Å². The molecule has 36 heavy (non-hydrogen) atoms. The number of hydrogen-bond acceptors (Lipinski definition) is 6. The zero-order valence-electron chi connectivity index (χ0n) is 20.4. The van der Waals surface area contributed by atoms with Crippen molar-refractivity contribution in [2.75, 3.05) is 18.9 Å². The molecule has 0 bridgehead atoms. The summed E-state index contributed by atoms with van der Waals surface area (Å²) in [5.74, 6) is 0.492. The van der Waals surface area contributed by atoms with Gasteiger partial charge in [0.15, 0.2) is 0 Å². The van der Waals surface area contributed by atoms with E-state index in [0.717, 1.165) is 39.8 Å². The Morgan fingerprint density at radius 2 is 1.92 bits per heavy atom. The fraction of sp³-hybridized carbons (Fsp3) is 0.222. The summed E-state index contributed by atoms with van der Waals surface area (Å²) in [6.45, 7) is 4.94. The van der Waals surface area contributed by atoms with Gasteiger partial charge in [-0.25, -0.2) is 9.37 Å².